The third-order valence-electron chi connectivity index (χ3n) is 2.32. The molecule has 0 saturated carbocycles. The van der Waals surface area contributed by atoms with Crippen LogP contribution in [0.2, 0.25) is 0 Å². The summed E-state index contributed by atoms with van der Waals surface area (Å²) in [6, 6.07) is -1.16. The first-order valence-corrected chi connectivity index (χ1v) is 5.96. The van der Waals surface area contributed by atoms with Crippen molar-refractivity contribution in [3.05, 3.63) is 17.8 Å². The van der Waals surface area contributed by atoms with Gasteiger partial charge in [0.2, 0.25) is 5.89 Å². The van der Waals surface area contributed by atoms with Crippen LogP contribution in [0.3, 0.4) is 0 Å². The lowest BCUT2D eigenvalue weighted by molar-refractivity contribution is -0.148. The number of carboxylic acids is 1. The molecule has 0 aliphatic carbocycles. The number of oxazole rings is 1. The van der Waals surface area contributed by atoms with E-state index in [9.17, 15) is 22.8 Å². The highest BCUT2D eigenvalue weighted by molar-refractivity contribution is 5.80. The summed E-state index contributed by atoms with van der Waals surface area (Å²) >= 11 is 0. The van der Waals surface area contributed by atoms with Crippen LogP contribution in [0, 0.1) is 0 Å². The van der Waals surface area contributed by atoms with E-state index < -0.39 is 31.3 Å². The molecule has 1 aromatic rings. The maximum atomic E-state index is 12.3. The fourth-order valence-corrected chi connectivity index (χ4v) is 1.44. The standard InChI is InChI=1S/C11H14F3N3O4/c1-2-7-3-15-8(21-7)4-16-10(20)17(5-9(18)19)6-11(12,13)14/h3H,2,4-6H2,1H3,(H,16,20)(H,18,19). The number of urea groups is 1. The Balaban J connectivity index is 2.60. The third kappa shape index (κ3) is 6.15. The summed E-state index contributed by atoms with van der Waals surface area (Å²) in [4.78, 5) is 26.0. The minimum Gasteiger partial charge on any atom is -0.480 e. The van der Waals surface area contributed by atoms with Crippen molar-refractivity contribution in [2.24, 2.45) is 0 Å². The zero-order chi connectivity index (χ0) is 16.0. The Bertz CT molecular complexity index is 501. The van der Waals surface area contributed by atoms with Crippen LogP contribution in [-0.2, 0) is 17.8 Å². The van der Waals surface area contributed by atoms with E-state index in [1.54, 1.807) is 0 Å². The molecule has 1 rings (SSSR count). The van der Waals surface area contributed by atoms with E-state index in [2.05, 4.69) is 10.3 Å². The van der Waals surface area contributed by atoms with E-state index in [0.29, 0.717) is 12.2 Å². The number of halogens is 3. The number of carboxylic acid groups (broad SMARTS) is 1. The Morgan fingerprint density at radius 2 is 2.14 bits per heavy atom. The van der Waals surface area contributed by atoms with Gasteiger partial charge in [0.25, 0.3) is 0 Å². The van der Waals surface area contributed by atoms with E-state index >= 15 is 0 Å². The average Bonchev–Trinajstić information content (AvgIpc) is 2.80. The first-order chi connectivity index (χ1) is 9.71. The lowest BCUT2D eigenvalue weighted by atomic mass is 10.4. The van der Waals surface area contributed by atoms with Crippen molar-refractivity contribution in [2.45, 2.75) is 26.1 Å². The molecule has 0 unspecified atom stereocenters. The van der Waals surface area contributed by atoms with Gasteiger partial charge in [0.05, 0.1) is 12.7 Å². The Morgan fingerprint density at radius 3 is 2.62 bits per heavy atom. The number of aliphatic carboxylic acids is 1. The van der Waals surface area contributed by atoms with Gasteiger partial charge in [0.15, 0.2) is 0 Å². The molecular weight excluding hydrogens is 295 g/mol. The molecular formula is C11H14F3N3O4. The van der Waals surface area contributed by atoms with Gasteiger partial charge < -0.3 is 19.7 Å². The van der Waals surface area contributed by atoms with E-state index in [0.717, 1.165) is 0 Å². The summed E-state index contributed by atoms with van der Waals surface area (Å²) in [5.41, 5.74) is 0. The van der Waals surface area contributed by atoms with Crippen molar-refractivity contribution in [1.29, 1.82) is 0 Å². The molecule has 1 heterocycles. The number of rotatable bonds is 6. The number of nitrogens with one attached hydrogen (secondary N) is 1. The fraction of sp³-hybridized carbons (Fsp3) is 0.545. The summed E-state index contributed by atoms with van der Waals surface area (Å²) in [5.74, 6) is -0.849. The van der Waals surface area contributed by atoms with Crippen molar-refractivity contribution < 1.29 is 32.3 Å². The monoisotopic (exact) mass is 309 g/mol. The lowest BCUT2D eigenvalue weighted by Gasteiger charge is -2.22. The summed E-state index contributed by atoms with van der Waals surface area (Å²) < 4.78 is 42.0. The van der Waals surface area contributed by atoms with Crippen LogP contribution in [0.15, 0.2) is 10.6 Å². The molecule has 7 nitrogen and oxygen atoms in total. The smallest absolute Gasteiger partial charge is 0.406 e. The highest BCUT2D eigenvalue weighted by atomic mass is 19.4. The van der Waals surface area contributed by atoms with Gasteiger partial charge in [-0.2, -0.15) is 13.2 Å². The van der Waals surface area contributed by atoms with Gasteiger partial charge in [0, 0.05) is 6.42 Å². The van der Waals surface area contributed by atoms with Gasteiger partial charge in [-0.15, -0.1) is 0 Å². The lowest BCUT2D eigenvalue weighted by Crippen LogP contribution is -2.46. The normalized spacial score (nSPS) is 11.2. The first kappa shape index (κ1) is 16.8. The largest absolute Gasteiger partial charge is 0.480 e. The van der Waals surface area contributed by atoms with Crippen LogP contribution in [-0.4, -0.2) is 46.3 Å². The number of aryl methyl sites for hydroxylation is 1. The number of alkyl halides is 3. The van der Waals surface area contributed by atoms with E-state index in [1.807, 2.05) is 6.92 Å². The third-order valence-corrected chi connectivity index (χ3v) is 2.32. The Kier molecular flexibility index (Phi) is 5.56. The van der Waals surface area contributed by atoms with Crippen LogP contribution in [0.5, 0.6) is 0 Å². The van der Waals surface area contributed by atoms with Crippen LogP contribution in [0.25, 0.3) is 0 Å². The zero-order valence-corrected chi connectivity index (χ0v) is 11.1. The van der Waals surface area contributed by atoms with Gasteiger partial charge in [-0.25, -0.2) is 9.78 Å². The minimum absolute atomic E-state index is 0.127. The Labute approximate surface area is 117 Å². The van der Waals surface area contributed by atoms with Crippen LogP contribution in [0.1, 0.15) is 18.6 Å². The molecule has 0 saturated heterocycles. The molecule has 0 spiro atoms. The quantitative estimate of drug-likeness (QED) is 0.828. The summed E-state index contributed by atoms with van der Waals surface area (Å²) in [6.07, 6.45) is -2.67. The topological polar surface area (TPSA) is 95.7 Å². The number of nitrogens with zero attached hydrogens (tertiary/aromatic N) is 2. The molecule has 0 atom stereocenters. The second-order valence-corrected chi connectivity index (χ2v) is 4.10. The summed E-state index contributed by atoms with van der Waals surface area (Å²) in [6.45, 7) is -1.12. The number of carbonyl (C=O) groups is 2. The van der Waals surface area contributed by atoms with Gasteiger partial charge in [-0.3, -0.25) is 4.79 Å². The Hall–Kier alpha value is -2.26. The molecule has 21 heavy (non-hydrogen) atoms. The highest BCUT2D eigenvalue weighted by Crippen LogP contribution is 2.16. The number of amides is 2. The van der Waals surface area contributed by atoms with Crippen LogP contribution in [0.4, 0.5) is 18.0 Å². The highest BCUT2D eigenvalue weighted by Gasteiger charge is 2.34. The molecule has 2 N–H and O–H groups in total. The minimum atomic E-state index is -4.69. The Morgan fingerprint density at radius 1 is 1.48 bits per heavy atom. The molecule has 0 aliphatic heterocycles. The van der Waals surface area contributed by atoms with Crippen molar-refractivity contribution in [1.82, 2.24) is 15.2 Å². The molecule has 2 amide bonds. The summed E-state index contributed by atoms with van der Waals surface area (Å²) in [7, 11) is 0. The van der Waals surface area contributed by atoms with E-state index in [-0.39, 0.29) is 17.3 Å². The van der Waals surface area contributed by atoms with Crippen molar-refractivity contribution >= 4 is 12.0 Å². The van der Waals surface area contributed by atoms with Crippen LogP contribution < -0.4 is 5.32 Å². The van der Waals surface area contributed by atoms with Crippen molar-refractivity contribution in [2.75, 3.05) is 13.1 Å². The second-order valence-electron chi connectivity index (χ2n) is 4.10. The average molecular weight is 309 g/mol. The van der Waals surface area contributed by atoms with Gasteiger partial charge in [0.1, 0.15) is 18.8 Å². The van der Waals surface area contributed by atoms with Crippen molar-refractivity contribution in [3.8, 4) is 0 Å². The molecule has 0 radical (unpaired) electrons. The first-order valence-electron chi connectivity index (χ1n) is 5.96. The maximum absolute atomic E-state index is 12.3. The molecule has 0 aromatic carbocycles. The zero-order valence-electron chi connectivity index (χ0n) is 11.1. The van der Waals surface area contributed by atoms with E-state index in [1.165, 1.54) is 6.20 Å². The van der Waals surface area contributed by atoms with Gasteiger partial charge in [-0.1, -0.05) is 6.92 Å². The van der Waals surface area contributed by atoms with Crippen LogP contribution >= 0.6 is 0 Å². The molecule has 0 fully saturated rings. The predicted molar refractivity (Wildman–Crippen MR) is 63.4 cm³/mol. The van der Waals surface area contributed by atoms with Crippen molar-refractivity contribution in [3.63, 3.8) is 0 Å². The number of carbonyl (C=O) groups excluding carboxylic acids is 1. The maximum Gasteiger partial charge on any atom is 0.406 e. The molecule has 0 bridgehead atoms. The number of aromatic nitrogens is 1. The molecule has 10 heteroatoms. The summed E-state index contributed by atoms with van der Waals surface area (Å²) in [5, 5.41) is 10.7. The fourth-order valence-electron chi connectivity index (χ4n) is 1.44. The molecule has 1 aromatic heterocycles. The van der Waals surface area contributed by atoms with E-state index in [4.69, 9.17) is 9.52 Å². The van der Waals surface area contributed by atoms with Gasteiger partial charge in [-0.05, 0) is 0 Å². The SMILES string of the molecule is CCc1cnc(CNC(=O)N(CC(=O)O)CC(F)(F)F)o1. The second kappa shape index (κ2) is 6.95. The molecule has 118 valence electrons. The number of hydrogen-bond acceptors (Lipinski definition) is 4. The molecule has 0 aliphatic rings. The predicted octanol–water partition coefficient (Wildman–Crippen LogP) is 1.40. The number of hydrogen-bond donors (Lipinski definition) is 2. The van der Waals surface area contributed by atoms with Gasteiger partial charge >= 0.3 is 18.2 Å².